The predicted octanol–water partition coefficient (Wildman–Crippen LogP) is 2.53. The maximum absolute atomic E-state index is 12.5. The van der Waals surface area contributed by atoms with Crippen LogP contribution < -0.4 is 0 Å². The molecule has 1 aliphatic heterocycles. The van der Waals surface area contributed by atoms with E-state index in [4.69, 9.17) is 16.0 Å². The van der Waals surface area contributed by atoms with Gasteiger partial charge in [0.1, 0.15) is 5.76 Å². The lowest BCUT2D eigenvalue weighted by Crippen LogP contribution is -2.47. The molecule has 0 saturated carbocycles. The summed E-state index contributed by atoms with van der Waals surface area (Å²) >= 11 is 7.42. The number of furan rings is 1. The smallest absolute Gasteiger partial charge is 0.276 e. The maximum atomic E-state index is 12.5. The number of hydrogen-bond acceptors (Lipinski definition) is 4. The minimum absolute atomic E-state index is 0.0101. The van der Waals surface area contributed by atoms with E-state index in [2.05, 4.69) is 0 Å². The molecule has 102 valence electrons. The van der Waals surface area contributed by atoms with Crippen molar-refractivity contribution in [2.45, 2.75) is 36.1 Å². The van der Waals surface area contributed by atoms with Crippen LogP contribution in [0.5, 0.6) is 0 Å². The Morgan fingerprint density at radius 2 is 2.22 bits per heavy atom. The molecule has 0 aliphatic carbocycles. The van der Waals surface area contributed by atoms with Gasteiger partial charge >= 0.3 is 0 Å². The lowest BCUT2D eigenvalue weighted by Gasteiger charge is -2.35. The quantitative estimate of drug-likeness (QED) is 0.805. The first-order valence-corrected chi connectivity index (χ1v) is 8.77. The normalized spacial score (nSPS) is 26.4. The van der Waals surface area contributed by atoms with Gasteiger partial charge in [-0.05, 0) is 19.1 Å². The minimum Gasteiger partial charge on any atom is -0.447 e. The van der Waals surface area contributed by atoms with Crippen LogP contribution in [0.1, 0.15) is 19.6 Å². The number of thioether (sulfide) groups is 1. The summed E-state index contributed by atoms with van der Waals surface area (Å²) in [5, 5.41) is 0.278. The van der Waals surface area contributed by atoms with Crippen molar-refractivity contribution < 1.29 is 12.8 Å². The Kier molecular flexibility index (Phi) is 4.31. The van der Waals surface area contributed by atoms with Crippen LogP contribution in [0.3, 0.4) is 0 Å². The van der Waals surface area contributed by atoms with Crippen LogP contribution in [-0.2, 0) is 15.9 Å². The zero-order valence-electron chi connectivity index (χ0n) is 10.3. The van der Waals surface area contributed by atoms with Crippen LogP contribution in [0.4, 0.5) is 0 Å². The van der Waals surface area contributed by atoms with Gasteiger partial charge in [-0.3, -0.25) is 0 Å². The highest BCUT2D eigenvalue weighted by Gasteiger charge is 2.36. The van der Waals surface area contributed by atoms with Crippen molar-refractivity contribution in [1.29, 1.82) is 0 Å². The van der Waals surface area contributed by atoms with Gasteiger partial charge in [0, 0.05) is 23.6 Å². The van der Waals surface area contributed by atoms with Crippen molar-refractivity contribution in [3.05, 3.63) is 17.9 Å². The molecule has 2 atom stereocenters. The first kappa shape index (κ1) is 14.2. The molecule has 0 radical (unpaired) electrons. The van der Waals surface area contributed by atoms with E-state index in [1.165, 1.54) is 10.4 Å². The van der Waals surface area contributed by atoms with Gasteiger partial charge in [0.2, 0.25) is 5.09 Å². The zero-order valence-corrected chi connectivity index (χ0v) is 12.7. The van der Waals surface area contributed by atoms with Crippen molar-refractivity contribution in [1.82, 2.24) is 4.31 Å². The maximum Gasteiger partial charge on any atom is 0.276 e. The Morgan fingerprint density at radius 1 is 1.50 bits per heavy atom. The van der Waals surface area contributed by atoms with E-state index in [0.29, 0.717) is 12.3 Å². The highest BCUT2D eigenvalue weighted by molar-refractivity contribution is 8.00. The monoisotopic (exact) mass is 309 g/mol. The van der Waals surface area contributed by atoms with E-state index in [1.54, 1.807) is 17.8 Å². The third kappa shape index (κ3) is 2.57. The Labute approximate surface area is 117 Å². The van der Waals surface area contributed by atoms with Crippen LogP contribution >= 0.6 is 23.4 Å². The number of nitrogens with zero attached hydrogens (tertiary/aromatic N) is 1. The molecule has 0 aromatic carbocycles. The molecule has 0 amide bonds. The summed E-state index contributed by atoms with van der Waals surface area (Å²) < 4.78 is 31.7. The molecule has 1 saturated heterocycles. The van der Waals surface area contributed by atoms with Crippen molar-refractivity contribution in [3.8, 4) is 0 Å². The van der Waals surface area contributed by atoms with Crippen molar-refractivity contribution in [3.63, 3.8) is 0 Å². The van der Waals surface area contributed by atoms with Crippen molar-refractivity contribution >= 4 is 33.4 Å². The highest BCUT2D eigenvalue weighted by atomic mass is 35.5. The van der Waals surface area contributed by atoms with Gasteiger partial charge in [-0.25, -0.2) is 8.42 Å². The SMILES string of the molecule is CC1SCCN(S(=O)(=O)c2ccc(CCl)o2)C1C. The Morgan fingerprint density at radius 3 is 2.83 bits per heavy atom. The third-order valence-corrected chi connectivity index (χ3v) is 6.62. The summed E-state index contributed by atoms with van der Waals surface area (Å²) in [5.74, 6) is 1.47. The van der Waals surface area contributed by atoms with Gasteiger partial charge in [-0.2, -0.15) is 16.1 Å². The Balaban J connectivity index is 2.30. The van der Waals surface area contributed by atoms with Crippen LogP contribution in [0.25, 0.3) is 0 Å². The number of halogens is 1. The topological polar surface area (TPSA) is 50.5 Å². The lowest BCUT2D eigenvalue weighted by molar-refractivity contribution is 0.322. The molecule has 0 bridgehead atoms. The van der Waals surface area contributed by atoms with Gasteiger partial charge in [0.15, 0.2) is 0 Å². The van der Waals surface area contributed by atoms with Crippen LogP contribution in [-0.4, -0.2) is 36.3 Å². The van der Waals surface area contributed by atoms with Gasteiger partial charge in [-0.1, -0.05) is 6.92 Å². The number of rotatable bonds is 3. The van der Waals surface area contributed by atoms with Crippen LogP contribution in [0.15, 0.2) is 21.6 Å². The van der Waals surface area contributed by atoms with E-state index in [-0.39, 0.29) is 22.3 Å². The Bertz CT molecular complexity index is 514. The van der Waals surface area contributed by atoms with Crippen LogP contribution in [0.2, 0.25) is 0 Å². The summed E-state index contributed by atoms with van der Waals surface area (Å²) in [6.07, 6.45) is 0. The van der Waals surface area contributed by atoms with E-state index in [9.17, 15) is 8.42 Å². The number of sulfonamides is 1. The van der Waals surface area contributed by atoms with Crippen LogP contribution in [0, 0.1) is 0 Å². The molecule has 2 rings (SSSR count). The molecule has 1 fully saturated rings. The Hall–Kier alpha value is -0.170. The molecule has 1 aromatic heterocycles. The molecular weight excluding hydrogens is 294 g/mol. The average Bonchev–Trinajstić information content (AvgIpc) is 2.81. The molecule has 2 unspecified atom stereocenters. The number of alkyl halides is 1. The summed E-state index contributed by atoms with van der Waals surface area (Å²) in [7, 11) is -3.54. The zero-order chi connectivity index (χ0) is 13.3. The standard InChI is InChI=1S/C11H16ClNO3S2/c1-8-9(2)17-6-5-13(8)18(14,15)11-4-3-10(7-12)16-11/h3-4,8-9H,5-7H2,1-2H3. The van der Waals surface area contributed by atoms with E-state index in [0.717, 1.165) is 5.75 Å². The second-order valence-electron chi connectivity index (χ2n) is 4.29. The highest BCUT2D eigenvalue weighted by Crippen LogP contribution is 2.30. The molecule has 0 N–H and O–H groups in total. The molecule has 1 aromatic rings. The summed E-state index contributed by atoms with van der Waals surface area (Å²) in [6.45, 7) is 4.50. The van der Waals surface area contributed by atoms with Gasteiger partial charge < -0.3 is 4.42 Å². The lowest BCUT2D eigenvalue weighted by atomic mass is 10.2. The molecule has 1 aliphatic rings. The summed E-state index contributed by atoms with van der Waals surface area (Å²) in [6, 6.07) is 3.05. The second-order valence-corrected chi connectivity index (χ2v) is 7.86. The number of hydrogen-bond donors (Lipinski definition) is 0. The molecule has 7 heteroatoms. The second kappa shape index (κ2) is 5.45. The molecule has 18 heavy (non-hydrogen) atoms. The first-order chi connectivity index (χ1) is 8.46. The van der Waals surface area contributed by atoms with Crippen molar-refractivity contribution in [2.75, 3.05) is 12.3 Å². The summed E-state index contributed by atoms with van der Waals surface area (Å²) in [4.78, 5) is 0. The largest absolute Gasteiger partial charge is 0.447 e. The van der Waals surface area contributed by atoms with E-state index in [1.807, 2.05) is 13.8 Å². The fourth-order valence-electron chi connectivity index (χ4n) is 1.93. The molecule has 2 heterocycles. The molecule has 4 nitrogen and oxygen atoms in total. The van der Waals surface area contributed by atoms with Gasteiger partial charge in [0.25, 0.3) is 10.0 Å². The third-order valence-electron chi connectivity index (χ3n) is 3.16. The fraction of sp³-hybridized carbons (Fsp3) is 0.636. The average molecular weight is 310 g/mol. The van der Waals surface area contributed by atoms with Gasteiger partial charge in [-0.15, -0.1) is 11.6 Å². The fourth-order valence-corrected chi connectivity index (χ4v) is 5.00. The van der Waals surface area contributed by atoms with E-state index < -0.39 is 10.0 Å². The predicted molar refractivity (Wildman–Crippen MR) is 73.5 cm³/mol. The van der Waals surface area contributed by atoms with Crippen molar-refractivity contribution in [2.24, 2.45) is 0 Å². The first-order valence-electron chi connectivity index (χ1n) is 5.75. The molecule has 0 spiro atoms. The van der Waals surface area contributed by atoms with E-state index >= 15 is 0 Å². The minimum atomic E-state index is -3.54. The summed E-state index contributed by atoms with van der Waals surface area (Å²) in [5.41, 5.74) is 0. The van der Waals surface area contributed by atoms with Gasteiger partial charge in [0.05, 0.1) is 5.88 Å². The molecular formula is C11H16ClNO3S2.